The van der Waals surface area contributed by atoms with Gasteiger partial charge in [-0.05, 0) is 60.0 Å². The summed E-state index contributed by atoms with van der Waals surface area (Å²) in [5, 5.41) is 14.6. The summed E-state index contributed by atoms with van der Waals surface area (Å²) < 4.78 is 7.25. The maximum atomic E-state index is 13.1. The normalized spacial score (nSPS) is 21.4. The molecule has 0 spiro atoms. The van der Waals surface area contributed by atoms with Crippen LogP contribution in [0.2, 0.25) is 0 Å². The highest BCUT2D eigenvalue weighted by Crippen LogP contribution is 2.28. The lowest BCUT2D eigenvalue weighted by molar-refractivity contribution is 0.0275. The zero-order valence-electron chi connectivity index (χ0n) is 17.7. The second-order valence-corrected chi connectivity index (χ2v) is 8.56. The number of ether oxygens (including phenoxy) is 1. The zero-order valence-corrected chi connectivity index (χ0v) is 17.7. The highest BCUT2D eigenvalue weighted by atomic mass is 16.5. The first-order valence-corrected chi connectivity index (χ1v) is 10.7. The van der Waals surface area contributed by atoms with Crippen molar-refractivity contribution in [2.45, 2.75) is 38.5 Å². The lowest BCUT2D eigenvalue weighted by Crippen LogP contribution is -2.46. The fraction of sp³-hybridized carbons (Fsp3) is 0.391. The van der Waals surface area contributed by atoms with Crippen molar-refractivity contribution in [1.82, 2.24) is 30.4 Å². The van der Waals surface area contributed by atoms with Gasteiger partial charge in [0.25, 0.3) is 5.91 Å². The first-order valence-electron chi connectivity index (χ1n) is 10.7. The molecule has 0 radical (unpaired) electrons. The molecular formula is C23H26N6O2. The van der Waals surface area contributed by atoms with Crippen LogP contribution in [0.15, 0.2) is 48.8 Å². The molecule has 3 aromatic rings. The van der Waals surface area contributed by atoms with Gasteiger partial charge in [-0.3, -0.25) is 9.69 Å². The van der Waals surface area contributed by atoms with E-state index in [1.807, 2.05) is 18.2 Å². The van der Waals surface area contributed by atoms with E-state index in [0.717, 1.165) is 42.9 Å². The summed E-state index contributed by atoms with van der Waals surface area (Å²) in [6.45, 7) is 6.70. The van der Waals surface area contributed by atoms with Crippen LogP contribution >= 0.6 is 0 Å². The Morgan fingerprint density at radius 3 is 2.74 bits per heavy atom. The monoisotopic (exact) mass is 418 g/mol. The number of benzene rings is 2. The van der Waals surface area contributed by atoms with Crippen molar-refractivity contribution in [1.29, 1.82) is 0 Å². The van der Waals surface area contributed by atoms with Gasteiger partial charge >= 0.3 is 0 Å². The number of carbonyl (C=O) groups is 1. The van der Waals surface area contributed by atoms with Crippen molar-refractivity contribution in [2.75, 3.05) is 19.7 Å². The van der Waals surface area contributed by atoms with Crippen molar-refractivity contribution in [3.8, 4) is 16.8 Å². The molecule has 1 amide bonds. The predicted octanol–water partition coefficient (Wildman–Crippen LogP) is 2.23. The summed E-state index contributed by atoms with van der Waals surface area (Å²) >= 11 is 0. The number of aryl methyl sites for hydroxylation is 1. The Bertz CT molecular complexity index is 1070. The highest BCUT2D eigenvalue weighted by molar-refractivity contribution is 5.96. The van der Waals surface area contributed by atoms with Crippen molar-refractivity contribution >= 4 is 5.91 Å². The van der Waals surface area contributed by atoms with E-state index in [9.17, 15) is 4.79 Å². The second kappa shape index (κ2) is 8.20. The number of carbonyl (C=O) groups excluding carboxylic acids is 1. The molecular weight excluding hydrogens is 392 g/mol. The molecule has 0 unspecified atom stereocenters. The lowest BCUT2D eigenvalue weighted by Gasteiger charge is -2.29. The number of nitrogens with one attached hydrogen (secondary N) is 1. The minimum Gasteiger partial charge on any atom is -0.375 e. The molecule has 8 nitrogen and oxygen atoms in total. The molecule has 2 aromatic carbocycles. The van der Waals surface area contributed by atoms with E-state index in [1.165, 1.54) is 11.9 Å². The third kappa shape index (κ3) is 4.22. The Kier molecular flexibility index (Phi) is 5.25. The van der Waals surface area contributed by atoms with E-state index in [-0.39, 0.29) is 11.9 Å². The van der Waals surface area contributed by atoms with Gasteiger partial charge in [0.05, 0.1) is 18.4 Å². The third-order valence-corrected chi connectivity index (χ3v) is 6.08. The van der Waals surface area contributed by atoms with Crippen LogP contribution in [0.4, 0.5) is 0 Å². The van der Waals surface area contributed by atoms with Crippen molar-refractivity contribution in [3.63, 3.8) is 0 Å². The number of nitrogens with zero attached hydrogens (tertiary/aromatic N) is 5. The van der Waals surface area contributed by atoms with E-state index in [1.54, 1.807) is 4.68 Å². The van der Waals surface area contributed by atoms with Gasteiger partial charge < -0.3 is 10.1 Å². The van der Waals surface area contributed by atoms with Gasteiger partial charge in [-0.1, -0.05) is 29.8 Å². The molecule has 2 fully saturated rings. The molecule has 2 saturated heterocycles. The number of hydrogen-bond donors (Lipinski definition) is 1. The largest absolute Gasteiger partial charge is 0.375 e. The van der Waals surface area contributed by atoms with Gasteiger partial charge in [-0.15, -0.1) is 5.10 Å². The smallest absolute Gasteiger partial charge is 0.251 e. The molecule has 2 aliphatic heterocycles. The van der Waals surface area contributed by atoms with Gasteiger partial charge in [-0.2, -0.15) is 0 Å². The van der Waals surface area contributed by atoms with Crippen LogP contribution in [-0.4, -0.2) is 68.9 Å². The second-order valence-electron chi connectivity index (χ2n) is 8.56. The number of morpholine rings is 1. The van der Waals surface area contributed by atoms with Crippen LogP contribution in [0.3, 0.4) is 0 Å². The molecule has 0 saturated carbocycles. The molecule has 5 rings (SSSR count). The summed E-state index contributed by atoms with van der Waals surface area (Å²) in [7, 11) is 0. The number of likely N-dealkylation sites (tertiary alicyclic amines) is 1. The Hall–Kier alpha value is -3.10. The topological polar surface area (TPSA) is 85.2 Å². The minimum absolute atomic E-state index is 0.0337. The van der Waals surface area contributed by atoms with Gasteiger partial charge in [0.2, 0.25) is 0 Å². The average molecular weight is 419 g/mol. The number of aromatic nitrogens is 4. The summed E-state index contributed by atoms with van der Waals surface area (Å²) in [6.07, 6.45) is 3.00. The van der Waals surface area contributed by atoms with Gasteiger partial charge in [0, 0.05) is 30.7 Å². The summed E-state index contributed by atoms with van der Waals surface area (Å²) in [6, 6.07) is 14.5. The highest BCUT2D eigenvalue weighted by Gasteiger charge is 2.39. The van der Waals surface area contributed by atoms with Crippen LogP contribution in [-0.2, 0) is 4.74 Å². The third-order valence-electron chi connectivity index (χ3n) is 6.08. The molecule has 160 valence electrons. The number of fused-ring (bicyclic) bond motifs is 2. The average Bonchev–Trinajstić information content (AvgIpc) is 3.52. The standard InChI is InChI=1S/C23H26N6O2/c1-15-3-5-17(6-4-15)18-7-19(9-20(8-18)29-14-24-26-27-29)23(30)25-16(2)11-28-12-22-10-21(28)13-31-22/h3-9,14,16,21-22H,10-13H2,1-2H3,(H,25,30)/t16-,21+,22+/m1/s1. The lowest BCUT2D eigenvalue weighted by atomic mass is 10.0. The number of rotatable bonds is 6. The van der Waals surface area contributed by atoms with Gasteiger partial charge in [0.15, 0.2) is 0 Å². The molecule has 2 aliphatic rings. The van der Waals surface area contributed by atoms with Crippen molar-refractivity contribution < 1.29 is 9.53 Å². The molecule has 1 N–H and O–H groups in total. The van der Waals surface area contributed by atoms with Crippen LogP contribution in [0.1, 0.15) is 29.3 Å². The van der Waals surface area contributed by atoms with Crippen LogP contribution in [0, 0.1) is 6.92 Å². The molecule has 3 atom stereocenters. The number of hydrogen-bond acceptors (Lipinski definition) is 6. The van der Waals surface area contributed by atoms with Gasteiger partial charge in [-0.25, -0.2) is 4.68 Å². The van der Waals surface area contributed by atoms with E-state index >= 15 is 0 Å². The van der Waals surface area contributed by atoms with Crippen molar-refractivity contribution in [2.24, 2.45) is 0 Å². The Morgan fingerprint density at radius 1 is 1.23 bits per heavy atom. The Balaban J connectivity index is 1.38. The van der Waals surface area contributed by atoms with Crippen LogP contribution in [0.5, 0.6) is 0 Å². The summed E-state index contributed by atoms with van der Waals surface area (Å²) in [5.41, 5.74) is 4.50. The van der Waals surface area contributed by atoms with Crippen LogP contribution in [0.25, 0.3) is 16.8 Å². The quantitative estimate of drug-likeness (QED) is 0.661. The summed E-state index contributed by atoms with van der Waals surface area (Å²) in [5.74, 6) is -0.101. The molecule has 0 aliphatic carbocycles. The van der Waals surface area contributed by atoms with E-state index < -0.39 is 0 Å². The maximum absolute atomic E-state index is 13.1. The van der Waals surface area contributed by atoms with E-state index in [4.69, 9.17) is 4.74 Å². The number of amides is 1. The molecule has 31 heavy (non-hydrogen) atoms. The molecule has 2 bridgehead atoms. The fourth-order valence-electron chi connectivity index (χ4n) is 4.47. The molecule has 1 aromatic heterocycles. The Labute approximate surface area is 181 Å². The van der Waals surface area contributed by atoms with E-state index in [2.05, 4.69) is 63.9 Å². The Morgan fingerprint density at radius 2 is 2.06 bits per heavy atom. The first-order chi connectivity index (χ1) is 15.0. The molecule has 3 heterocycles. The SMILES string of the molecule is Cc1ccc(-c2cc(C(=O)N[C@H](C)CN3C[C@@H]4C[C@H]3CO4)cc(-n3cnnn3)c2)cc1. The maximum Gasteiger partial charge on any atom is 0.251 e. The zero-order chi connectivity index (χ0) is 21.4. The minimum atomic E-state index is -0.101. The predicted molar refractivity (Wildman–Crippen MR) is 116 cm³/mol. The summed E-state index contributed by atoms with van der Waals surface area (Å²) in [4.78, 5) is 15.6. The van der Waals surface area contributed by atoms with Crippen molar-refractivity contribution in [3.05, 3.63) is 59.9 Å². The van der Waals surface area contributed by atoms with E-state index in [0.29, 0.717) is 17.7 Å². The molecule has 8 heteroatoms. The number of tetrazole rings is 1. The van der Waals surface area contributed by atoms with Crippen LogP contribution < -0.4 is 5.32 Å². The van der Waals surface area contributed by atoms with Gasteiger partial charge in [0.1, 0.15) is 6.33 Å². The first kappa shape index (κ1) is 19.8. The fourth-order valence-corrected chi connectivity index (χ4v) is 4.47.